The van der Waals surface area contributed by atoms with Gasteiger partial charge in [-0.3, -0.25) is 5.43 Å². The van der Waals surface area contributed by atoms with E-state index in [1.807, 2.05) is 0 Å². The second-order valence-electron chi connectivity index (χ2n) is 10.5. The maximum absolute atomic E-state index is 12.5. The molecule has 3 aromatic carbocycles. The third-order valence-electron chi connectivity index (χ3n) is 7.18. The molecule has 0 fully saturated rings. The molecule has 1 aliphatic heterocycles. The average molecular weight is 677 g/mol. The number of hydrogen-bond donors (Lipinski definition) is 4. The molecule has 0 saturated carbocycles. The molecule has 0 aromatic heterocycles. The highest BCUT2D eigenvalue weighted by Gasteiger charge is 2.32. The number of amides is 2. The number of aliphatic hydroxyl groups excluding tert-OH is 1. The molecule has 14 heteroatoms. The Morgan fingerprint density at radius 2 is 1.73 bits per heavy atom. The molecule has 0 unspecified atom stereocenters. The van der Waals surface area contributed by atoms with Crippen LogP contribution in [0.25, 0.3) is 0 Å². The summed E-state index contributed by atoms with van der Waals surface area (Å²) >= 11 is 0. The van der Waals surface area contributed by atoms with E-state index >= 15 is 0 Å². The van der Waals surface area contributed by atoms with Crippen LogP contribution in [0.2, 0.25) is 0 Å². The minimum absolute atomic E-state index is 0.194. The molecule has 1 heterocycles. The van der Waals surface area contributed by atoms with Gasteiger partial charge in [0.05, 0.1) is 50.8 Å². The van der Waals surface area contributed by atoms with Crippen molar-refractivity contribution in [1.82, 2.24) is 16.1 Å². The third kappa shape index (κ3) is 9.41. The van der Waals surface area contributed by atoms with Crippen LogP contribution in [0.5, 0.6) is 23.0 Å². The summed E-state index contributed by atoms with van der Waals surface area (Å²) in [5.74, 6) is 0.614. The Balaban J connectivity index is 1.40. The summed E-state index contributed by atoms with van der Waals surface area (Å²) in [4.78, 5) is 36.6. The molecule has 4 N–H and O–H groups in total. The van der Waals surface area contributed by atoms with E-state index in [1.165, 1.54) is 20.4 Å². The van der Waals surface area contributed by atoms with E-state index < -0.39 is 30.2 Å². The molecular formula is C35H40N4O10. The van der Waals surface area contributed by atoms with E-state index in [0.29, 0.717) is 58.6 Å². The molecule has 0 saturated heterocycles. The number of allylic oxidation sites excluding steroid dienone is 1. The molecule has 3 aromatic rings. The fraction of sp³-hybridized carbons (Fsp3) is 0.314. The Morgan fingerprint density at radius 1 is 0.959 bits per heavy atom. The van der Waals surface area contributed by atoms with E-state index in [-0.39, 0.29) is 18.8 Å². The summed E-state index contributed by atoms with van der Waals surface area (Å²) in [6, 6.07) is 15.9. The molecule has 0 spiro atoms. The van der Waals surface area contributed by atoms with Gasteiger partial charge in [0.1, 0.15) is 13.2 Å². The largest absolute Gasteiger partial charge is 0.493 e. The van der Waals surface area contributed by atoms with Gasteiger partial charge in [0, 0.05) is 11.3 Å². The SMILES string of the molecule is CCOC(=O)c1ccc(COc2c(/C=N/N[C@H](O)COc3ccc([C@@H]4NC(=O)NC(C)=C4C(=O)OC)cc3OCC)cccc2OC)cc1. The minimum atomic E-state index is -1.21. The first kappa shape index (κ1) is 36.1. The van der Waals surface area contributed by atoms with Crippen molar-refractivity contribution in [2.45, 2.75) is 39.6 Å². The summed E-state index contributed by atoms with van der Waals surface area (Å²) in [7, 11) is 2.79. The van der Waals surface area contributed by atoms with Crippen molar-refractivity contribution in [1.29, 1.82) is 0 Å². The van der Waals surface area contributed by atoms with E-state index in [9.17, 15) is 19.5 Å². The monoisotopic (exact) mass is 676 g/mol. The number of hydrazone groups is 1. The van der Waals surface area contributed by atoms with Gasteiger partial charge in [-0.25, -0.2) is 14.4 Å². The lowest BCUT2D eigenvalue weighted by Crippen LogP contribution is -2.45. The highest BCUT2D eigenvalue weighted by Crippen LogP contribution is 2.35. The van der Waals surface area contributed by atoms with Gasteiger partial charge in [0.25, 0.3) is 0 Å². The number of benzene rings is 3. The number of nitrogens with zero attached hydrogens (tertiary/aromatic N) is 1. The molecular weight excluding hydrogens is 636 g/mol. The normalized spacial score (nSPS) is 14.7. The number of ether oxygens (including phenoxy) is 6. The number of methoxy groups -OCH3 is 2. The number of aliphatic hydroxyl groups is 1. The third-order valence-corrected chi connectivity index (χ3v) is 7.18. The highest BCUT2D eigenvalue weighted by atomic mass is 16.5. The molecule has 2 atom stereocenters. The minimum Gasteiger partial charge on any atom is -0.493 e. The Labute approximate surface area is 284 Å². The molecule has 4 rings (SSSR count). The van der Waals surface area contributed by atoms with Crippen LogP contribution in [0.4, 0.5) is 4.79 Å². The van der Waals surface area contributed by atoms with Crippen LogP contribution >= 0.6 is 0 Å². The molecule has 260 valence electrons. The first-order valence-electron chi connectivity index (χ1n) is 15.5. The molecule has 0 radical (unpaired) electrons. The number of carbonyl (C=O) groups excluding carboxylic acids is 3. The molecule has 49 heavy (non-hydrogen) atoms. The van der Waals surface area contributed by atoms with E-state index in [0.717, 1.165) is 5.56 Å². The number of rotatable bonds is 16. The van der Waals surface area contributed by atoms with E-state index in [4.69, 9.17) is 28.4 Å². The molecule has 2 amide bonds. The summed E-state index contributed by atoms with van der Waals surface area (Å²) in [5.41, 5.74) is 5.68. The number of urea groups is 1. The molecule has 0 aliphatic carbocycles. The van der Waals surface area contributed by atoms with Gasteiger partial charge in [-0.05, 0) is 68.3 Å². The Hall–Kier alpha value is -5.76. The van der Waals surface area contributed by atoms with Crippen LogP contribution in [0.3, 0.4) is 0 Å². The quantitative estimate of drug-likeness (QED) is 0.0748. The van der Waals surface area contributed by atoms with Gasteiger partial charge < -0.3 is 44.2 Å². The number of carbonyl (C=O) groups is 3. The second kappa shape index (κ2) is 17.4. The second-order valence-corrected chi connectivity index (χ2v) is 10.5. The zero-order valence-corrected chi connectivity index (χ0v) is 27.9. The van der Waals surface area contributed by atoms with Crippen LogP contribution in [0, 0.1) is 0 Å². The lowest BCUT2D eigenvalue weighted by molar-refractivity contribution is -0.136. The topological polar surface area (TPSA) is 175 Å². The number of para-hydroxylation sites is 1. The standard InChI is InChI=1S/C35H40N4O10/c1-6-46-28-17-24(31-30(34(42)45-5)21(3)37-35(43)38-31)15-16-26(28)48-20-29(40)39-36-18-25-9-8-10-27(44-4)32(25)49-19-22-11-13-23(14-12-22)33(41)47-7-2/h8-18,29,31,39-40H,6-7,19-20H2,1-5H3,(H2,37,38,43)/b36-18+/t29-,31+/m1/s1. The highest BCUT2D eigenvalue weighted by molar-refractivity contribution is 5.95. The van der Waals surface area contributed by atoms with Gasteiger partial charge in [-0.2, -0.15) is 5.10 Å². The van der Waals surface area contributed by atoms with Gasteiger partial charge in [-0.1, -0.05) is 24.3 Å². The van der Waals surface area contributed by atoms with Gasteiger partial charge in [0.15, 0.2) is 29.2 Å². The zero-order chi connectivity index (χ0) is 35.3. The Morgan fingerprint density at radius 3 is 2.43 bits per heavy atom. The smallest absolute Gasteiger partial charge is 0.338 e. The lowest BCUT2D eigenvalue weighted by atomic mass is 9.95. The fourth-order valence-electron chi connectivity index (χ4n) is 4.87. The van der Waals surface area contributed by atoms with Crippen molar-refractivity contribution in [2.24, 2.45) is 5.10 Å². The van der Waals surface area contributed by atoms with E-state index in [2.05, 4.69) is 21.2 Å². The van der Waals surface area contributed by atoms with Crippen LogP contribution in [0.15, 0.2) is 77.0 Å². The van der Waals surface area contributed by atoms with Gasteiger partial charge in [0.2, 0.25) is 0 Å². The summed E-state index contributed by atoms with van der Waals surface area (Å²) in [6.45, 7) is 5.77. The predicted octanol–water partition coefficient (Wildman–Crippen LogP) is 3.97. The van der Waals surface area contributed by atoms with E-state index in [1.54, 1.807) is 81.4 Å². The predicted molar refractivity (Wildman–Crippen MR) is 179 cm³/mol. The summed E-state index contributed by atoms with van der Waals surface area (Å²) < 4.78 is 33.1. The van der Waals surface area contributed by atoms with Crippen molar-refractivity contribution in [2.75, 3.05) is 34.0 Å². The maximum Gasteiger partial charge on any atom is 0.338 e. The first-order valence-corrected chi connectivity index (χ1v) is 15.5. The van der Waals surface area contributed by atoms with Crippen LogP contribution in [-0.4, -0.2) is 69.6 Å². The van der Waals surface area contributed by atoms with Gasteiger partial charge >= 0.3 is 18.0 Å². The zero-order valence-electron chi connectivity index (χ0n) is 27.9. The van der Waals surface area contributed by atoms with Crippen LogP contribution in [-0.2, 0) is 20.9 Å². The average Bonchev–Trinajstić information content (AvgIpc) is 3.10. The summed E-state index contributed by atoms with van der Waals surface area (Å²) in [6.07, 6.45) is 0.270. The lowest BCUT2D eigenvalue weighted by Gasteiger charge is -2.28. The summed E-state index contributed by atoms with van der Waals surface area (Å²) in [5, 5.41) is 20.1. The Kier molecular flexibility index (Phi) is 12.8. The van der Waals surface area contributed by atoms with Crippen molar-refractivity contribution in [3.05, 3.63) is 94.2 Å². The molecule has 14 nitrogen and oxygen atoms in total. The maximum atomic E-state index is 12.5. The molecule has 1 aliphatic rings. The van der Waals surface area contributed by atoms with Crippen molar-refractivity contribution in [3.8, 4) is 23.0 Å². The molecule has 0 bridgehead atoms. The van der Waals surface area contributed by atoms with Crippen LogP contribution < -0.4 is 35.0 Å². The van der Waals surface area contributed by atoms with Crippen molar-refractivity contribution >= 4 is 24.2 Å². The first-order chi connectivity index (χ1) is 23.7. The van der Waals surface area contributed by atoms with Crippen molar-refractivity contribution < 1.29 is 47.9 Å². The Bertz CT molecular complexity index is 1690. The number of hydrogen-bond acceptors (Lipinski definition) is 12. The van der Waals surface area contributed by atoms with Gasteiger partial charge in [-0.15, -0.1) is 0 Å². The number of esters is 2. The van der Waals surface area contributed by atoms with Crippen molar-refractivity contribution in [3.63, 3.8) is 0 Å². The fourth-order valence-corrected chi connectivity index (χ4v) is 4.87. The number of nitrogens with one attached hydrogen (secondary N) is 3. The van der Waals surface area contributed by atoms with Crippen LogP contribution in [0.1, 0.15) is 53.9 Å².